The van der Waals surface area contributed by atoms with E-state index in [0.29, 0.717) is 24.1 Å². The molecular formula is C20H17NO3S. The van der Waals surface area contributed by atoms with Gasteiger partial charge in [-0.1, -0.05) is 48.5 Å². The molecule has 0 spiro atoms. The average molecular weight is 351 g/mol. The van der Waals surface area contributed by atoms with Crippen LogP contribution in [0.5, 0.6) is 0 Å². The van der Waals surface area contributed by atoms with Gasteiger partial charge in [-0.2, -0.15) is 0 Å². The molecule has 0 saturated heterocycles. The average Bonchev–Trinajstić information content (AvgIpc) is 3.05. The van der Waals surface area contributed by atoms with Crippen LogP contribution in [0.25, 0.3) is 11.3 Å². The number of aromatic nitrogens is 1. The highest BCUT2D eigenvalue weighted by atomic mass is 32.2. The summed E-state index contributed by atoms with van der Waals surface area (Å²) in [6.07, 6.45) is 3.43. The van der Waals surface area contributed by atoms with Crippen molar-refractivity contribution in [2.75, 3.05) is 0 Å². The summed E-state index contributed by atoms with van der Waals surface area (Å²) >= 11 is 0. The quantitative estimate of drug-likeness (QED) is 0.719. The molecule has 5 heteroatoms. The first-order valence-electron chi connectivity index (χ1n) is 8.22. The largest absolute Gasteiger partial charge is 0.294 e. The maximum Gasteiger partial charge on any atom is 0.268 e. The lowest BCUT2D eigenvalue weighted by molar-refractivity contribution is 0.0973. The number of carbonyl (C=O) groups is 1. The first kappa shape index (κ1) is 15.8. The van der Waals surface area contributed by atoms with Crippen LogP contribution in [0.2, 0.25) is 0 Å². The second-order valence-corrected chi connectivity index (χ2v) is 7.94. The lowest BCUT2D eigenvalue weighted by Gasteiger charge is -2.14. The van der Waals surface area contributed by atoms with E-state index in [-0.39, 0.29) is 10.7 Å². The van der Waals surface area contributed by atoms with E-state index in [9.17, 15) is 13.2 Å². The number of carbonyl (C=O) groups excluding carboxylic acids is 1. The van der Waals surface area contributed by atoms with Crippen LogP contribution in [-0.2, 0) is 16.4 Å². The van der Waals surface area contributed by atoms with Gasteiger partial charge in [-0.3, -0.25) is 4.79 Å². The summed E-state index contributed by atoms with van der Waals surface area (Å²) in [5, 5.41) is 0. The van der Waals surface area contributed by atoms with E-state index in [1.165, 1.54) is 10.2 Å². The summed E-state index contributed by atoms with van der Waals surface area (Å²) in [6.45, 7) is 0. The molecule has 0 unspecified atom stereocenters. The van der Waals surface area contributed by atoms with Crippen molar-refractivity contribution >= 4 is 15.8 Å². The van der Waals surface area contributed by atoms with Crippen molar-refractivity contribution in [1.29, 1.82) is 0 Å². The van der Waals surface area contributed by atoms with Crippen LogP contribution in [0.15, 0.2) is 71.8 Å². The summed E-state index contributed by atoms with van der Waals surface area (Å²) in [7, 11) is -3.77. The molecular weight excluding hydrogens is 334 g/mol. The van der Waals surface area contributed by atoms with Crippen molar-refractivity contribution in [2.45, 2.75) is 24.2 Å². The zero-order chi connectivity index (χ0) is 17.4. The van der Waals surface area contributed by atoms with Crippen molar-refractivity contribution in [1.82, 2.24) is 3.97 Å². The number of Topliss-reactive ketones (excluding diaryl/α,β-unsaturated/α-hetero) is 1. The number of rotatable bonds is 3. The van der Waals surface area contributed by atoms with Gasteiger partial charge in [0.15, 0.2) is 5.78 Å². The van der Waals surface area contributed by atoms with E-state index in [0.717, 1.165) is 17.5 Å². The Morgan fingerprint density at radius 3 is 2.16 bits per heavy atom. The SMILES string of the molecule is O=C1CCCc2c1cn(S(=O)(=O)c1ccccc1)c2-c1ccccc1. The molecule has 1 heterocycles. The van der Waals surface area contributed by atoms with E-state index in [4.69, 9.17) is 0 Å². The number of hydrogen-bond acceptors (Lipinski definition) is 3. The number of fused-ring (bicyclic) bond motifs is 1. The molecule has 0 fully saturated rings. The Kier molecular flexibility index (Phi) is 3.81. The number of ketones is 1. The standard InChI is InChI=1S/C20H17NO3S/c22-19-13-7-12-17-18(19)14-21(20(17)15-8-3-1-4-9-15)25(23,24)16-10-5-2-6-11-16/h1-6,8-11,14H,7,12-13H2. The zero-order valence-electron chi connectivity index (χ0n) is 13.6. The Morgan fingerprint density at radius 1 is 0.840 bits per heavy atom. The highest BCUT2D eigenvalue weighted by Gasteiger charge is 2.30. The van der Waals surface area contributed by atoms with Crippen LogP contribution in [-0.4, -0.2) is 18.2 Å². The van der Waals surface area contributed by atoms with Crippen LogP contribution >= 0.6 is 0 Å². The Balaban J connectivity index is 2.02. The van der Waals surface area contributed by atoms with Crippen LogP contribution in [0, 0.1) is 0 Å². The van der Waals surface area contributed by atoms with E-state index in [1.807, 2.05) is 30.3 Å². The third-order valence-corrected chi connectivity index (χ3v) is 6.23. The van der Waals surface area contributed by atoms with Gasteiger partial charge in [-0.15, -0.1) is 0 Å². The predicted molar refractivity (Wildman–Crippen MR) is 96.2 cm³/mol. The minimum Gasteiger partial charge on any atom is -0.294 e. The highest BCUT2D eigenvalue weighted by molar-refractivity contribution is 7.90. The molecule has 0 atom stereocenters. The molecule has 1 aromatic heterocycles. The van der Waals surface area contributed by atoms with Gasteiger partial charge in [-0.05, 0) is 36.1 Å². The van der Waals surface area contributed by atoms with Crippen LogP contribution in [0.3, 0.4) is 0 Å². The Bertz CT molecular complexity index is 1040. The van der Waals surface area contributed by atoms with Gasteiger partial charge in [0.2, 0.25) is 0 Å². The third kappa shape index (κ3) is 2.61. The molecule has 0 saturated carbocycles. The second-order valence-electron chi connectivity index (χ2n) is 6.13. The smallest absolute Gasteiger partial charge is 0.268 e. The molecule has 0 amide bonds. The van der Waals surface area contributed by atoms with Gasteiger partial charge >= 0.3 is 0 Å². The lowest BCUT2D eigenvalue weighted by Crippen LogP contribution is -2.13. The van der Waals surface area contributed by atoms with Gasteiger partial charge in [0.05, 0.1) is 10.6 Å². The maximum absolute atomic E-state index is 13.2. The topological polar surface area (TPSA) is 56.1 Å². The second kappa shape index (κ2) is 6.01. The van der Waals surface area contributed by atoms with E-state index >= 15 is 0 Å². The Hall–Kier alpha value is -2.66. The van der Waals surface area contributed by atoms with Gasteiger partial charge in [0.1, 0.15) is 0 Å². The van der Waals surface area contributed by atoms with E-state index < -0.39 is 10.0 Å². The fourth-order valence-electron chi connectivity index (χ4n) is 3.37. The Labute approximate surface area is 146 Å². The zero-order valence-corrected chi connectivity index (χ0v) is 14.4. The van der Waals surface area contributed by atoms with Crippen LogP contribution in [0.4, 0.5) is 0 Å². The van der Waals surface area contributed by atoms with E-state index in [2.05, 4.69) is 0 Å². The third-order valence-electron chi connectivity index (χ3n) is 4.56. The molecule has 25 heavy (non-hydrogen) atoms. The molecule has 0 radical (unpaired) electrons. The molecule has 126 valence electrons. The van der Waals surface area contributed by atoms with E-state index in [1.54, 1.807) is 30.3 Å². The number of hydrogen-bond donors (Lipinski definition) is 0. The first-order chi connectivity index (χ1) is 12.1. The summed E-state index contributed by atoms with van der Waals surface area (Å²) in [5.41, 5.74) is 2.78. The molecule has 0 aliphatic heterocycles. The van der Waals surface area contributed by atoms with Crippen LogP contribution in [0.1, 0.15) is 28.8 Å². The predicted octanol–water partition coefficient (Wildman–Crippen LogP) is 3.91. The maximum atomic E-state index is 13.2. The molecule has 0 N–H and O–H groups in total. The fraction of sp³-hybridized carbons (Fsp3) is 0.150. The van der Waals surface area contributed by atoms with Crippen LogP contribution < -0.4 is 0 Å². The molecule has 1 aliphatic carbocycles. The molecule has 4 nitrogen and oxygen atoms in total. The van der Waals surface area contributed by atoms with Crippen molar-refractivity contribution < 1.29 is 13.2 Å². The number of benzene rings is 2. The summed E-state index contributed by atoms with van der Waals surface area (Å²) in [4.78, 5) is 12.6. The van der Waals surface area contributed by atoms with Gasteiger partial charge in [-0.25, -0.2) is 12.4 Å². The lowest BCUT2D eigenvalue weighted by atomic mass is 9.91. The summed E-state index contributed by atoms with van der Waals surface area (Å²) < 4.78 is 27.7. The minimum atomic E-state index is -3.77. The van der Waals surface area contributed by atoms with Gasteiger partial charge < -0.3 is 0 Å². The van der Waals surface area contributed by atoms with Crippen molar-refractivity contribution in [3.8, 4) is 11.3 Å². The molecule has 4 rings (SSSR count). The summed E-state index contributed by atoms with van der Waals surface area (Å²) in [6, 6.07) is 17.7. The van der Waals surface area contributed by atoms with Crippen molar-refractivity contribution in [2.24, 2.45) is 0 Å². The fourth-order valence-corrected chi connectivity index (χ4v) is 4.80. The molecule has 2 aromatic carbocycles. The first-order valence-corrected chi connectivity index (χ1v) is 9.66. The normalized spacial score (nSPS) is 14.3. The van der Waals surface area contributed by atoms with Crippen molar-refractivity contribution in [3.05, 3.63) is 78.0 Å². The molecule has 3 aromatic rings. The Morgan fingerprint density at radius 2 is 1.48 bits per heavy atom. The van der Waals surface area contributed by atoms with Gasteiger partial charge in [0.25, 0.3) is 10.0 Å². The molecule has 1 aliphatic rings. The summed E-state index contributed by atoms with van der Waals surface area (Å²) in [5.74, 6) is 0.0143. The minimum absolute atomic E-state index is 0.0143. The van der Waals surface area contributed by atoms with Crippen molar-refractivity contribution in [3.63, 3.8) is 0 Å². The monoisotopic (exact) mass is 351 g/mol. The molecule has 0 bridgehead atoms. The highest BCUT2D eigenvalue weighted by Crippen LogP contribution is 2.35. The van der Waals surface area contributed by atoms with Gasteiger partial charge in [0, 0.05) is 18.2 Å². The number of nitrogens with zero attached hydrogens (tertiary/aromatic N) is 1.